The SMILES string of the molecule is Nc1cc2nc(C3CCCC3)cc(=O)n2[nH]1. The van der Waals surface area contributed by atoms with E-state index in [-0.39, 0.29) is 5.56 Å². The van der Waals surface area contributed by atoms with Gasteiger partial charge in [0, 0.05) is 18.1 Å². The first-order chi connectivity index (χ1) is 7.74. The van der Waals surface area contributed by atoms with Crippen LogP contribution in [-0.2, 0) is 0 Å². The molecule has 0 aromatic carbocycles. The molecule has 0 saturated heterocycles. The Bertz CT molecular complexity index is 577. The molecule has 2 aromatic heterocycles. The number of aromatic nitrogens is 3. The summed E-state index contributed by atoms with van der Waals surface area (Å²) in [6, 6.07) is 3.32. The average molecular weight is 218 g/mol. The zero-order valence-corrected chi connectivity index (χ0v) is 8.94. The molecular weight excluding hydrogens is 204 g/mol. The normalized spacial score (nSPS) is 17.2. The van der Waals surface area contributed by atoms with Crippen LogP contribution in [0.1, 0.15) is 37.3 Å². The van der Waals surface area contributed by atoms with Crippen LogP contribution in [-0.4, -0.2) is 14.6 Å². The van der Waals surface area contributed by atoms with Crippen molar-refractivity contribution in [3.8, 4) is 0 Å². The van der Waals surface area contributed by atoms with E-state index >= 15 is 0 Å². The smallest absolute Gasteiger partial charge is 0.272 e. The molecule has 0 radical (unpaired) electrons. The Hall–Kier alpha value is -1.78. The summed E-state index contributed by atoms with van der Waals surface area (Å²) in [6.07, 6.45) is 4.76. The fourth-order valence-electron chi connectivity index (χ4n) is 2.46. The zero-order chi connectivity index (χ0) is 11.1. The highest BCUT2D eigenvalue weighted by Crippen LogP contribution is 2.32. The number of nitrogen functional groups attached to an aromatic ring is 1. The molecule has 1 fully saturated rings. The summed E-state index contributed by atoms with van der Waals surface area (Å²) in [5.74, 6) is 0.919. The molecule has 0 atom stereocenters. The topological polar surface area (TPSA) is 76.2 Å². The number of nitrogens with one attached hydrogen (secondary N) is 1. The molecule has 3 rings (SSSR count). The highest BCUT2D eigenvalue weighted by atomic mass is 16.1. The standard InChI is InChI=1S/C11H14N4O/c12-9-6-10-13-8(7-3-1-2-4-7)5-11(16)15(10)14-9/h5-7,14H,1-4,12H2. The number of rotatable bonds is 1. The maximum absolute atomic E-state index is 11.8. The molecule has 0 aliphatic heterocycles. The Labute approximate surface area is 92.3 Å². The highest BCUT2D eigenvalue weighted by Gasteiger charge is 2.19. The number of H-pyrrole nitrogens is 1. The summed E-state index contributed by atoms with van der Waals surface area (Å²) < 4.78 is 1.38. The molecule has 1 aliphatic rings. The molecule has 16 heavy (non-hydrogen) atoms. The number of hydrogen-bond acceptors (Lipinski definition) is 3. The summed E-state index contributed by atoms with van der Waals surface area (Å²) in [4.78, 5) is 16.3. The van der Waals surface area contributed by atoms with Gasteiger partial charge in [-0.3, -0.25) is 9.89 Å². The Kier molecular flexibility index (Phi) is 1.99. The van der Waals surface area contributed by atoms with Gasteiger partial charge >= 0.3 is 0 Å². The quantitative estimate of drug-likeness (QED) is 0.756. The van der Waals surface area contributed by atoms with Crippen LogP contribution in [0.4, 0.5) is 5.82 Å². The number of nitrogens with two attached hydrogens (primary N) is 1. The van der Waals surface area contributed by atoms with Crippen molar-refractivity contribution in [1.82, 2.24) is 14.6 Å². The van der Waals surface area contributed by atoms with E-state index in [1.165, 1.54) is 17.4 Å². The minimum absolute atomic E-state index is 0.0800. The van der Waals surface area contributed by atoms with E-state index in [2.05, 4.69) is 10.1 Å². The molecule has 2 aromatic rings. The molecule has 2 heterocycles. The van der Waals surface area contributed by atoms with Crippen molar-refractivity contribution in [3.05, 3.63) is 28.2 Å². The largest absolute Gasteiger partial charge is 0.384 e. The van der Waals surface area contributed by atoms with Crippen molar-refractivity contribution in [2.75, 3.05) is 5.73 Å². The Morgan fingerprint density at radius 3 is 2.88 bits per heavy atom. The summed E-state index contributed by atoms with van der Waals surface area (Å²) >= 11 is 0. The second-order valence-corrected chi connectivity index (χ2v) is 4.41. The maximum atomic E-state index is 11.8. The molecule has 0 bridgehead atoms. The highest BCUT2D eigenvalue weighted by molar-refractivity contribution is 5.48. The summed E-state index contributed by atoms with van der Waals surface area (Å²) in [5.41, 5.74) is 7.06. The number of anilines is 1. The fraction of sp³-hybridized carbons (Fsp3) is 0.455. The van der Waals surface area contributed by atoms with E-state index in [9.17, 15) is 4.79 Å². The van der Waals surface area contributed by atoms with Crippen molar-refractivity contribution in [2.24, 2.45) is 0 Å². The third-order valence-corrected chi connectivity index (χ3v) is 3.26. The Morgan fingerprint density at radius 1 is 1.38 bits per heavy atom. The summed E-state index contributed by atoms with van der Waals surface area (Å²) in [6.45, 7) is 0. The second-order valence-electron chi connectivity index (χ2n) is 4.41. The predicted octanol–water partition coefficient (Wildman–Crippen LogP) is 1.26. The van der Waals surface area contributed by atoms with Gasteiger partial charge in [0.15, 0.2) is 5.65 Å². The second kappa shape index (κ2) is 3.37. The lowest BCUT2D eigenvalue weighted by Crippen LogP contribution is -2.16. The number of aromatic amines is 1. The molecule has 3 N–H and O–H groups in total. The first-order valence-corrected chi connectivity index (χ1v) is 5.62. The lowest BCUT2D eigenvalue weighted by atomic mass is 10.0. The van der Waals surface area contributed by atoms with Gasteiger partial charge < -0.3 is 5.73 Å². The summed E-state index contributed by atoms with van der Waals surface area (Å²) in [7, 11) is 0. The van der Waals surface area contributed by atoms with E-state index < -0.39 is 0 Å². The third kappa shape index (κ3) is 1.39. The maximum Gasteiger partial charge on any atom is 0.272 e. The van der Waals surface area contributed by atoms with Crippen molar-refractivity contribution in [2.45, 2.75) is 31.6 Å². The van der Waals surface area contributed by atoms with Crippen LogP contribution in [0, 0.1) is 0 Å². The number of hydrogen-bond donors (Lipinski definition) is 2. The zero-order valence-electron chi connectivity index (χ0n) is 8.94. The fourth-order valence-corrected chi connectivity index (χ4v) is 2.46. The van der Waals surface area contributed by atoms with Gasteiger partial charge in [-0.05, 0) is 12.8 Å². The minimum atomic E-state index is -0.0800. The molecule has 0 amide bonds. The molecule has 5 nitrogen and oxygen atoms in total. The molecule has 1 aliphatic carbocycles. The minimum Gasteiger partial charge on any atom is -0.384 e. The Morgan fingerprint density at radius 2 is 2.12 bits per heavy atom. The first-order valence-electron chi connectivity index (χ1n) is 5.62. The van der Waals surface area contributed by atoms with Crippen molar-refractivity contribution in [1.29, 1.82) is 0 Å². The lowest BCUT2D eigenvalue weighted by molar-refractivity contribution is 0.691. The van der Waals surface area contributed by atoms with Crippen LogP contribution in [0.25, 0.3) is 5.65 Å². The summed E-state index contributed by atoms with van der Waals surface area (Å²) in [5, 5.41) is 2.76. The van der Waals surface area contributed by atoms with E-state index in [0.717, 1.165) is 18.5 Å². The molecule has 0 unspecified atom stereocenters. The van der Waals surface area contributed by atoms with Gasteiger partial charge in [0.2, 0.25) is 0 Å². The number of fused-ring (bicyclic) bond motifs is 1. The van der Waals surface area contributed by atoms with Gasteiger partial charge in [0.25, 0.3) is 5.56 Å². The van der Waals surface area contributed by atoms with E-state index in [4.69, 9.17) is 5.73 Å². The van der Waals surface area contributed by atoms with Crippen LogP contribution in [0.2, 0.25) is 0 Å². The lowest BCUT2D eigenvalue weighted by Gasteiger charge is -2.07. The van der Waals surface area contributed by atoms with Crippen molar-refractivity contribution in [3.63, 3.8) is 0 Å². The third-order valence-electron chi connectivity index (χ3n) is 3.26. The van der Waals surface area contributed by atoms with E-state index in [0.29, 0.717) is 17.4 Å². The average Bonchev–Trinajstić information content (AvgIpc) is 2.84. The van der Waals surface area contributed by atoms with E-state index in [1.807, 2.05) is 0 Å². The molecule has 5 heteroatoms. The van der Waals surface area contributed by atoms with Gasteiger partial charge in [-0.15, -0.1) is 0 Å². The molecular formula is C11H14N4O. The van der Waals surface area contributed by atoms with Gasteiger partial charge in [-0.1, -0.05) is 12.8 Å². The van der Waals surface area contributed by atoms with Gasteiger partial charge in [-0.2, -0.15) is 4.52 Å². The van der Waals surface area contributed by atoms with E-state index in [1.54, 1.807) is 12.1 Å². The van der Waals surface area contributed by atoms with Crippen molar-refractivity contribution < 1.29 is 0 Å². The molecule has 84 valence electrons. The van der Waals surface area contributed by atoms with Gasteiger partial charge in [0.05, 0.1) is 5.69 Å². The first kappa shape index (κ1) is 9.45. The Balaban J connectivity index is 2.16. The number of nitrogens with zero attached hydrogens (tertiary/aromatic N) is 2. The van der Waals surface area contributed by atoms with Crippen LogP contribution < -0.4 is 11.3 Å². The van der Waals surface area contributed by atoms with Crippen LogP contribution in [0.3, 0.4) is 0 Å². The molecule has 1 saturated carbocycles. The molecule has 0 spiro atoms. The van der Waals surface area contributed by atoms with Gasteiger partial charge in [0.1, 0.15) is 5.82 Å². The van der Waals surface area contributed by atoms with Crippen LogP contribution >= 0.6 is 0 Å². The van der Waals surface area contributed by atoms with Gasteiger partial charge in [-0.25, -0.2) is 4.98 Å². The van der Waals surface area contributed by atoms with Crippen LogP contribution in [0.5, 0.6) is 0 Å². The van der Waals surface area contributed by atoms with Crippen LogP contribution in [0.15, 0.2) is 16.9 Å². The monoisotopic (exact) mass is 218 g/mol. The predicted molar refractivity (Wildman–Crippen MR) is 61.4 cm³/mol. The van der Waals surface area contributed by atoms with Crippen molar-refractivity contribution >= 4 is 11.5 Å².